The van der Waals surface area contributed by atoms with Gasteiger partial charge in [0.1, 0.15) is 5.71 Å². The van der Waals surface area contributed by atoms with E-state index < -0.39 is 0 Å². The molecule has 1 aliphatic heterocycles. The molecular weight excluding hydrogens is 198 g/mol. The molecule has 0 spiro atoms. The molecule has 1 heterocycles. The third-order valence-corrected chi connectivity index (χ3v) is 2.21. The summed E-state index contributed by atoms with van der Waals surface area (Å²) in [5, 5.41) is 15.2. The van der Waals surface area contributed by atoms with Crippen LogP contribution in [0.25, 0.3) is 0 Å². The van der Waals surface area contributed by atoms with Gasteiger partial charge < -0.3 is 10.4 Å². The summed E-state index contributed by atoms with van der Waals surface area (Å²) in [5.41, 5.74) is 2.55. The molecule has 0 aromatic heterocycles. The van der Waals surface area contributed by atoms with Crippen molar-refractivity contribution in [1.29, 1.82) is 0 Å². The number of hydrazone groups is 1. The molecule has 0 bridgehead atoms. The third kappa shape index (κ3) is 3.32. The van der Waals surface area contributed by atoms with Crippen molar-refractivity contribution in [2.24, 2.45) is 5.10 Å². The van der Waals surface area contributed by atoms with Crippen molar-refractivity contribution in [2.75, 3.05) is 6.61 Å². The van der Waals surface area contributed by atoms with Gasteiger partial charge in [-0.3, -0.25) is 9.59 Å². The Morgan fingerprint density at radius 2 is 2.40 bits per heavy atom. The summed E-state index contributed by atoms with van der Waals surface area (Å²) in [6.45, 7) is 1.77. The van der Waals surface area contributed by atoms with Crippen LogP contribution in [-0.4, -0.2) is 35.3 Å². The molecule has 0 saturated carbocycles. The number of aliphatic hydroxyl groups is 1. The number of nitrogens with one attached hydrogen (secondary N) is 2. The fourth-order valence-electron chi connectivity index (χ4n) is 1.18. The lowest BCUT2D eigenvalue weighted by Gasteiger charge is -2.16. The van der Waals surface area contributed by atoms with E-state index in [1.54, 1.807) is 0 Å². The zero-order chi connectivity index (χ0) is 11.3. The predicted molar refractivity (Wildman–Crippen MR) is 54.1 cm³/mol. The monoisotopic (exact) mass is 213 g/mol. The second-order valence-corrected chi connectivity index (χ2v) is 3.35. The molecule has 0 unspecified atom stereocenters. The number of amides is 2. The molecule has 84 valence electrons. The van der Waals surface area contributed by atoms with Crippen molar-refractivity contribution >= 4 is 17.5 Å². The summed E-state index contributed by atoms with van der Waals surface area (Å²) in [4.78, 5) is 22.3. The molecule has 1 aliphatic rings. The Balaban J connectivity index is 2.50. The van der Waals surface area contributed by atoms with E-state index in [0.29, 0.717) is 18.6 Å². The van der Waals surface area contributed by atoms with Crippen LogP contribution >= 0.6 is 0 Å². The lowest BCUT2D eigenvalue weighted by atomic mass is 10.1. The van der Waals surface area contributed by atoms with E-state index >= 15 is 0 Å². The quantitative estimate of drug-likeness (QED) is 0.567. The molecule has 6 nitrogen and oxygen atoms in total. The SMILES string of the molecule is CC[C@@H](CO)NC(=O)C1=NNC(=O)CC1. The maximum absolute atomic E-state index is 11.5. The van der Waals surface area contributed by atoms with Gasteiger partial charge in [0.25, 0.3) is 5.91 Å². The number of aliphatic hydroxyl groups excluding tert-OH is 1. The predicted octanol–water partition coefficient (Wildman–Crippen LogP) is -0.860. The molecule has 1 atom stereocenters. The van der Waals surface area contributed by atoms with Gasteiger partial charge in [-0.2, -0.15) is 5.10 Å². The zero-order valence-electron chi connectivity index (χ0n) is 8.62. The minimum absolute atomic E-state index is 0.0954. The van der Waals surface area contributed by atoms with Crippen LogP contribution in [0.4, 0.5) is 0 Å². The summed E-state index contributed by atoms with van der Waals surface area (Å²) in [6, 6.07) is -0.252. The lowest BCUT2D eigenvalue weighted by molar-refractivity contribution is -0.121. The number of nitrogens with zero attached hydrogens (tertiary/aromatic N) is 1. The average molecular weight is 213 g/mol. The van der Waals surface area contributed by atoms with E-state index in [4.69, 9.17) is 5.11 Å². The molecule has 2 amide bonds. The van der Waals surface area contributed by atoms with Crippen LogP contribution in [0, 0.1) is 0 Å². The molecule has 6 heteroatoms. The number of carbonyl (C=O) groups excluding carboxylic acids is 2. The molecule has 0 aliphatic carbocycles. The summed E-state index contributed by atoms with van der Waals surface area (Å²) in [7, 11) is 0. The minimum Gasteiger partial charge on any atom is -0.394 e. The highest BCUT2D eigenvalue weighted by Crippen LogP contribution is 2.00. The van der Waals surface area contributed by atoms with Gasteiger partial charge >= 0.3 is 0 Å². The van der Waals surface area contributed by atoms with Crippen LogP contribution < -0.4 is 10.7 Å². The maximum atomic E-state index is 11.5. The van der Waals surface area contributed by atoms with Crippen molar-refractivity contribution in [3.05, 3.63) is 0 Å². The highest BCUT2D eigenvalue weighted by Gasteiger charge is 2.19. The topological polar surface area (TPSA) is 90.8 Å². The Kier molecular flexibility index (Phi) is 4.23. The Hall–Kier alpha value is -1.43. The van der Waals surface area contributed by atoms with Gasteiger partial charge in [0.05, 0.1) is 12.6 Å². The van der Waals surface area contributed by atoms with Crippen molar-refractivity contribution in [3.63, 3.8) is 0 Å². The Morgan fingerprint density at radius 1 is 1.67 bits per heavy atom. The summed E-state index contributed by atoms with van der Waals surface area (Å²) in [6.07, 6.45) is 1.28. The van der Waals surface area contributed by atoms with Crippen LogP contribution in [-0.2, 0) is 9.59 Å². The van der Waals surface area contributed by atoms with Crippen molar-refractivity contribution in [1.82, 2.24) is 10.7 Å². The fourth-order valence-corrected chi connectivity index (χ4v) is 1.18. The molecule has 3 N–H and O–H groups in total. The highest BCUT2D eigenvalue weighted by molar-refractivity contribution is 6.39. The second-order valence-electron chi connectivity index (χ2n) is 3.35. The summed E-state index contributed by atoms with van der Waals surface area (Å²) >= 11 is 0. The first-order valence-electron chi connectivity index (χ1n) is 4.94. The van der Waals surface area contributed by atoms with Gasteiger partial charge in [0.15, 0.2) is 0 Å². The molecule has 0 saturated heterocycles. The Labute approximate surface area is 87.7 Å². The van der Waals surface area contributed by atoms with Gasteiger partial charge in [0.2, 0.25) is 5.91 Å². The molecule has 1 rings (SSSR count). The Bertz CT molecular complexity index is 284. The van der Waals surface area contributed by atoms with Crippen molar-refractivity contribution < 1.29 is 14.7 Å². The first-order chi connectivity index (χ1) is 7.17. The lowest BCUT2D eigenvalue weighted by Crippen LogP contribution is -2.43. The van der Waals surface area contributed by atoms with Crippen molar-refractivity contribution in [2.45, 2.75) is 32.2 Å². The molecule has 0 fully saturated rings. The van der Waals surface area contributed by atoms with E-state index in [1.165, 1.54) is 0 Å². The standard InChI is InChI=1S/C9H15N3O3/c1-2-6(5-13)10-9(15)7-3-4-8(14)12-11-7/h6,13H,2-5H2,1H3,(H,10,15)(H,12,14)/t6-/m0/s1. The van der Waals surface area contributed by atoms with Gasteiger partial charge in [0, 0.05) is 12.8 Å². The summed E-state index contributed by atoms with van der Waals surface area (Å²) in [5.74, 6) is -0.503. The number of hydrogen-bond acceptors (Lipinski definition) is 4. The van der Waals surface area contributed by atoms with Crippen LogP contribution in [0.5, 0.6) is 0 Å². The minimum atomic E-state index is -0.323. The number of rotatable bonds is 4. The first kappa shape index (κ1) is 11.6. The van der Waals surface area contributed by atoms with E-state index in [1.807, 2.05) is 6.92 Å². The zero-order valence-corrected chi connectivity index (χ0v) is 8.62. The van der Waals surface area contributed by atoms with E-state index in [0.717, 1.165) is 0 Å². The van der Waals surface area contributed by atoms with Crippen LogP contribution in [0.1, 0.15) is 26.2 Å². The van der Waals surface area contributed by atoms with Gasteiger partial charge in [-0.25, -0.2) is 5.43 Å². The molecule has 0 aromatic rings. The first-order valence-corrected chi connectivity index (χ1v) is 4.94. The number of hydrogen-bond donors (Lipinski definition) is 3. The normalized spacial score (nSPS) is 17.7. The molecular formula is C9H15N3O3. The average Bonchev–Trinajstić information content (AvgIpc) is 2.26. The van der Waals surface area contributed by atoms with E-state index in [-0.39, 0.29) is 30.9 Å². The molecule has 0 aromatic carbocycles. The van der Waals surface area contributed by atoms with Gasteiger partial charge in [-0.15, -0.1) is 0 Å². The highest BCUT2D eigenvalue weighted by atomic mass is 16.3. The van der Waals surface area contributed by atoms with Crippen molar-refractivity contribution in [3.8, 4) is 0 Å². The smallest absolute Gasteiger partial charge is 0.267 e. The summed E-state index contributed by atoms with van der Waals surface area (Å²) < 4.78 is 0. The number of carbonyl (C=O) groups is 2. The van der Waals surface area contributed by atoms with Crippen LogP contribution in [0.2, 0.25) is 0 Å². The van der Waals surface area contributed by atoms with Gasteiger partial charge in [-0.05, 0) is 6.42 Å². The molecule has 15 heavy (non-hydrogen) atoms. The van der Waals surface area contributed by atoms with Crippen LogP contribution in [0.15, 0.2) is 5.10 Å². The Morgan fingerprint density at radius 3 is 2.87 bits per heavy atom. The van der Waals surface area contributed by atoms with Gasteiger partial charge in [-0.1, -0.05) is 6.92 Å². The third-order valence-electron chi connectivity index (χ3n) is 2.21. The molecule has 0 radical (unpaired) electrons. The van der Waals surface area contributed by atoms with E-state index in [9.17, 15) is 9.59 Å². The van der Waals surface area contributed by atoms with Crippen LogP contribution in [0.3, 0.4) is 0 Å². The largest absolute Gasteiger partial charge is 0.394 e. The maximum Gasteiger partial charge on any atom is 0.267 e. The fraction of sp³-hybridized carbons (Fsp3) is 0.667. The second kappa shape index (κ2) is 5.45. The van der Waals surface area contributed by atoms with E-state index in [2.05, 4.69) is 15.8 Å².